The SMILES string of the molecule is CCn1ncc(CNCc2cnn(CC)c2C)c1C. The maximum absolute atomic E-state index is 4.36. The fourth-order valence-corrected chi connectivity index (χ4v) is 2.29. The number of aromatic nitrogens is 4. The second-order valence-corrected chi connectivity index (χ2v) is 4.75. The molecular weight excluding hydrogens is 238 g/mol. The third-order valence-corrected chi connectivity index (χ3v) is 3.64. The first-order valence-corrected chi connectivity index (χ1v) is 6.90. The van der Waals surface area contributed by atoms with Crippen LogP contribution in [0, 0.1) is 13.8 Å². The number of nitrogens with one attached hydrogen (secondary N) is 1. The Morgan fingerprint density at radius 2 is 1.32 bits per heavy atom. The molecule has 0 saturated heterocycles. The molecule has 0 aromatic carbocycles. The standard InChI is InChI=1S/C14H23N5/c1-5-18-11(3)13(9-16-18)7-15-8-14-10-17-19(6-2)12(14)4/h9-10,15H,5-8H2,1-4H3. The van der Waals surface area contributed by atoms with Gasteiger partial charge in [0.05, 0.1) is 12.4 Å². The third-order valence-electron chi connectivity index (χ3n) is 3.64. The normalized spacial score (nSPS) is 11.2. The summed E-state index contributed by atoms with van der Waals surface area (Å²) >= 11 is 0. The highest BCUT2D eigenvalue weighted by Gasteiger charge is 2.07. The second-order valence-electron chi connectivity index (χ2n) is 4.75. The third kappa shape index (κ3) is 2.87. The summed E-state index contributed by atoms with van der Waals surface area (Å²) in [5, 5.41) is 12.2. The van der Waals surface area contributed by atoms with Gasteiger partial charge < -0.3 is 5.32 Å². The fourth-order valence-electron chi connectivity index (χ4n) is 2.29. The lowest BCUT2D eigenvalue weighted by Gasteiger charge is -2.05. The maximum Gasteiger partial charge on any atom is 0.0537 e. The van der Waals surface area contributed by atoms with Crippen LogP contribution < -0.4 is 5.32 Å². The molecule has 2 heterocycles. The van der Waals surface area contributed by atoms with Crippen molar-refractivity contribution in [3.63, 3.8) is 0 Å². The zero-order chi connectivity index (χ0) is 13.8. The summed E-state index contributed by atoms with van der Waals surface area (Å²) in [6.07, 6.45) is 3.91. The molecule has 19 heavy (non-hydrogen) atoms. The number of hydrogen-bond acceptors (Lipinski definition) is 3. The Morgan fingerprint density at radius 1 is 0.895 bits per heavy atom. The van der Waals surface area contributed by atoms with E-state index in [1.54, 1.807) is 0 Å². The Hall–Kier alpha value is -1.62. The molecule has 0 amide bonds. The van der Waals surface area contributed by atoms with E-state index in [2.05, 4.69) is 43.2 Å². The Labute approximate surface area is 114 Å². The van der Waals surface area contributed by atoms with Crippen LogP contribution in [-0.2, 0) is 26.2 Å². The van der Waals surface area contributed by atoms with Crippen LogP contribution in [0.25, 0.3) is 0 Å². The van der Waals surface area contributed by atoms with Gasteiger partial charge in [0.15, 0.2) is 0 Å². The molecule has 2 rings (SSSR count). The molecule has 0 bridgehead atoms. The lowest BCUT2D eigenvalue weighted by atomic mass is 10.2. The molecule has 104 valence electrons. The topological polar surface area (TPSA) is 47.7 Å². The van der Waals surface area contributed by atoms with E-state index in [4.69, 9.17) is 0 Å². The number of hydrogen-bond donors (Lipinski definition) is 1. The lowest BCUT2D eigenvalue weighted by Crippen LogP contribution is -2.14. The largest absolute Gasteiger partial charge is 0.308 e. The number of nitrogens with zero attached hydrogens (tertiary/aromatic N) is 4. The van der Waals surface area contributed by atoms with Crippen LogP contribution >= 0.6 is 0 Å². The van der Waals surface area contributed by atoms with Crippen LogP contribution in [-0.4, -0.2) is 19.6 Å². The van der Waals surface area contributed by atoms with Crippen molar-refractivity contribution in [1.29, 1.82) is 0 Å². The van der Waals surface area contributed by atoms with Gasteiger partial charge in [-0.05, 0) is 27.7 Å². The zero-order valence-electron chi connectivity index (χ0n) is 12.3. The average Bonchev–Trinajstić information content (AvgIpc) is 2.94. The smallest absolute Gasteiger partial charge is 0.0537 e. The van der Waals surface area contributed by atoms with Crippen LogP contribution in [0.3, 0.4) is 0 Å². The van der Waals surface area contributed by atoms with Gasteiger partial charge in [-0.15, -0.1) is 0 Å². The van der Waals surface area contributed by atoms with Gasteiger partial charge in [0.2, 0.25) is 0 Å². The molecular formula is C14H23N5. The van der Waals surface area contributed by atoms with Gasteiger partial charge in [0, 0.05) is 48.7 Å². The van der Waals surface area contributed by atoms with Crippen molar-refractivity contribution < 1.29 is 0 Å². The first kappa shape index (κ1) is 13.8. The zero-order valence-corrected chi connectivity index (χ0v) is 12.3. The highest BCUT2D eigenvalue weighted by molar-refractivity contribution is 5.18. The molecule has 0 aliphatic heterocycles. The van der Waals surface area contributed by atoms with Crippen LogP contribution in [0.5, 0.6) is 0 Å². The first-order chi connectivity index (χ1) is 9.17. The molecule has 0 saturated carbocycles. The van der Waals surface area contributed by atoms with E-state index < -0.39 is 0 Å². The van der Waals surface area contributed by atoms with Crippen LogP contribution in [0.4, 0.5) is 0 Å². The summed E-state index contributed by atoms with van der Waals surface area (Å²) in [6, 6.07) is 0. The van der Waals surface area contributed by atoms with Crippen LogP contribution in [0.15, 0.2) is 12.4 Å². The molecule has 0 aliphatic rings. The van der Waals surface area contributed by atoms with Crippen LogP contribution in [0.1, 0.15) is 36.4 Å². The van der Waals surface area contributed by atoms with Gasteiger partial charge >= 0.3 is 0 Å². The van der Waals surface area contributed by atoms with E-state index in [1.807, 2.05) is 21.8 Å². The molecule has 2 aromatic rings. The maximum atomic E-state index is 4.36. The molecule has 0 atom stereocenters. The van der Waals surface area contributed by atoms with Crippen molar-refractivity contribution in [2.45, 2.75) is 53.9 Å². The van der Waals surface area contributed by atoms with Crippen molar-refractivity contribution in [2.75, 3.05) is 0 Å². The monoisotopic (exact) mass is 261 g/mol. The van der Waals surface area contributed by atoms with Crippen LogP contribution in [0.2, 0.25) is 0 Å². The summed E-state index contributed by atoms with van der Waals surface area (Å²) in [6.45, 7) is 12.0. The summed E-state index contributed by atoms with van der Waals surface area (Å²) in [7, 11) is 0. The lowest BCUT2D eigenvalue weighted by molar-refractivity contribution is 0.629. The van der Waals surface area contributed by atoms with Crippen molar-refractivity contribution in [1.82, 2.24) is 24.9 Å². The van der Waals surface area contributed by atoms with Gasteiger partial charge in [-0.3, -0.25) is 9.36 Å². The van der Waals surface area contributed by atoms with Gasteiger partial charge in [-0.1, -0.05) is 0 Å². The predicted octanol–water partition coefficient (Wildman–Crippen LogP) is 2.03. The van der Waals surface area contributed by atoms with Gasteiger partial charge in [-0.2, -0.15) is 10.2 Å². The summed E-state index contributed by atoms with van der Waals surface area (Å²) in [5.41, 5.74) is 5.02. The van der Waals surface area contributed by atoms with Crippen molar-refractivity contribution >= 4 is 0 Å². The van der Waals surface area contributed by atoms with E-state index in [-0.39, 0.29) is 0 Å². The quantitative estimate of drug-likeness (QED) is 0.865. The van der Waals surface area contributed by atoms with Crippen molar-refractivity contribution in [3.05, 3.63) is 34.9 Å². The molecule has 0 unspecified atom stereocenters. The Morgan fingerprint density at radius 3 is 1.63 bits per heavy atom. The molecule has 5 nitrogen and oxygen atoms in total. The fraction of sp³-hybridized carbons (Fsp3) is 0.571. The first-order valence-electron chi connectivity index (χ1n) is 6.90. The Bertz CT molecular complexity index is 490. The minimum Gasteiger partial charge on any atom is -0.308 e. The van der Waals surface area contributed by atoms with E-state index >= 15 is 0 Å². The van der Waals surface area contributed by atoms with E-state index in [0.717, 1.165) is 26.2 Å². The van der Waals surface area contributed by atoms with Crippen molar-refractivity contribution in [3.8, 4) is 0 Å². The van der Waals surface area contributed by atoms with Gasteiger partial charge in [0.25, 0.3) is 0 Å². The molecule has 0 fully saturated rings. The highest BCUT2D eigenvalue weighted by atomic mass is 15.3. The van der Waals surface area contributed by atoms with E-state index in [9.17, 15) is 0 Å². The Kier molecular flexibility index (Phi) is 4.37. The number of aryl methyl sites for hydroxylation is 2. The second kappa shape index (κ2) is 6.02. The molecule has 0 spiro atoms. The molecule has 1 N–H and O–H groups in total. The average molecular weight is 261 g/mol. The van der Waals surface area contributed by atoms with E-state index in [0.29, 0.717) is 0 Å². The van der Waals surface area contributed by atoms with Crippen molar-refractivity contribution in [2.24, 2.45) is 0 Å². The van der Waals surface area contributed by atoms with Gasteiger partial charge in [-0.25, -0.2) is 0 Å². The number of rotatable bonds is 6. The summed E-state index contributed by atoms with van der Waals surface area (Å²) < 4.78 is 4.05. The molecule has 0 aliphatic carbocycles. The summed E-state index contributed by atoms with van der Waals surface area (Å²) in [4.78, 5) is 0. The molecule has 2 aromatic heterocycles. The van der Waals surface area contributed by atoms with E-state index in [1.165, 1.54) is 22.5 Å². The Balaban J connectivity index is 1.92. The minimum absolute atomic E-state index is 0.850. The van der Waals surface area contributed by atoms with Gasteiger partial charge in [0.1, 0.15) is 0 Å². The summed E-state index contributed by atoms with van der Waals surface area (Å²) in [5.74, 6) is 0. The molecule has 5 heteroatoms. The minimum atomic E-state index is 0.850. The highest BCUT2D eigenvalue weighted by Crippen LogP contribution is 2.09. The predicted molar refractivity (Wildman–Crippen MR) is 75.8 cm³/mol. The molecule has 0 radical (unpaired) electrons.